The molecule has 0 aliphatic heterocycles. The van der Waals surface area contributed by atoms with Crippen molar-refractivity contribution >= 4 is 33.1 Å². The summed E-state index contributed by atoms with van der Waals surface area (Å²) in [4.78, 5) is 40.8. The minimum Gasteiger partial charge on any atom is -0.467 e. The molecule has 0 aliphatic rings. The van der Waals surface area contributed by atoms with Crippen molar-refractivity contribution in [3.63, 3.8) is 0 Å². The molecule has 1 amide bonds. The molecule has 3 aromatic heterocycles. The number of aromatic nitrogens is 2. The van der Waals surface area contributed by atoms with Gasteiger partial charge in [-0.15, -0.1) is 11.3 Å². The number of hydrogen-bond acceptors (Lipinski definition) is 5. The minimum atomic E-state index is -0.532. The molecule has 0 aliphatic carbocycles. The van der Waals surface area contributed by atoms with Crippen molar-refractivity contribution in [2.45, 2.75) is 26.9 Å². The first-order valence-corrected chi connectivity index (χ1v) is 10.5. The lowest BCUT2D eigenvalue weighted by atomic mass is 10.2. The quantitative estimate of drug-likeness (QED) is 0.477. The molecule has 0 N–H and O–H groups in total. The Hall–Kier alpha value is -3.39. The minimum absolute atomic E-state index is 0.0159. The van der Waals surface area contributed by atoms with E-state index in [4.69, 9.17) is 4.42 Å². The Kier molecular flexibility index (Phi) is 5.41. The molecule has 4 rings (SSSR count). The van der Waals surface area contributed by atoms with Crippen molar-refractivity contribution in [1.29, 1.82) is 0 Å². The Bertz CT molecular complexity index is 1310. The van der Waals surface area contributed by atoms with E-state index >= 15 is 0 Å². The zero-order valence-electron chi connectivity index (χ0n) is 16.7. The number of carbonyl (C=O) groups is 1. The summed E-state index contributed by atoms with van der Waals surface area (Å²) in [6, 6.07) is 12.8. The molecule has 7 nitrogen and oxygen atoms in total. The number of likely N-dealkylation sites (N-methyl/N-ethyl adjacent to an activating group) is 1. The van der Waals surface area contributed by atoms with Crippen molar-refractivity contribution in [3.05, 3.63) is 86.3 Å². The third kappa shape index (κ3) is 3.61. The lowest BCUT2D eigenvalue weighted by Gasteiger charge is -2.22. The van der Waals surface area contributed by atoms with Crippen molar-refractivity contribution in [2.24, 2.45) is 0 Å². The van der Waals surface area contributed by atoms with Gasteiger partial charge in [-0.3, -0.25) is 18.7 Å². The number of benzene rings is 1. The molecule has 4 aromatic rings. The summed E-state index contributed by atoms with van der Waals surface area (Å²) in [5.41, 5.74) is 1.38. The van der Waals surface area contributed by atoms with Crippen LogP contribution in [0, 0.1) is 6.92 Å². The molecule has 0 saturated carbocycles. The van der Waals surface area contributed by atoms with Crippen LogP contribution in [-0.2, 0) is 17.9 Å². The van der Waals surface area contributed by atoms with Crippen molar-refractivity contribution in [1.82, 2.24) is 9.13 Å². The van der Waals surface area contributed by atoms with Gasteiger partial charge in [0.05, 0.1) is 18.3 Å². The molecule has 3 heterocycles. The zero-order chi connectivity index (χ0) is 21.3. The van der Waals surface area contributed by atoms with Crippen LogP contribution in [0.25, 0.3) is 10.2 Å². The maximum atomic E-state index is 13.2. The summed E-state index contributed by atoms with van der Waals surface area (Å²) < 4.78 is 8.24. The number of nitrogens with zero attached hydrogens (tertiary/aromatic N) is 3. The SMILES string of the molecule is CCN(C(=O)Cn1c(=O)n(Cc2ccco2)c(=O)c2sccc21)c1cccc(C)c1. The normalized spacial score (nSPS) is 11.1. The third-order valence-electron chi connectivity index (χ3n) is 4.95. The first-order chi connectivity index (χ1) is 14.5. The molecular formula is C22H21N3O4S. The lowest BCUT2D eigenvalue weighted by Crippen LogP contribution is -2.43. The van der Waals surface area contributed by atoms with Gasteiger partial charge in [0.25, 0.3) is 5.56 Å². The number of aryl methyl sites for hydroxylation is 1. The van der Waals surface area contributed by atoms with Crippen LogP contribution in [0.4, 0.5) is 5.69 Å². The average molecular weight is 423 g/mol. The van der Waals surface area contributed by atoms with Gasteiger partial charge in [-0.1, -0.05) is 12.1 Å². The molecule has 0 bridgehead atoms. The summed E-state index contributed by atoms with van der Waals surface area (Å²) in [5.74, 6) is 0.277. The van der Waals surface area contributed by atoms with Gasteiger partial charge in [-0.2, -0.15) is 0 Å². The molecule has 0 saturated heterocycles. The topological polar surface area (TPSA) is 77.5 Å². The second-order valence-electron chi connectivity index (χ2n) is 6.95. The smallest absolute Gasteiger partial charge is 0.332 e. The van der Waals surface area contributed by atoms with E-state index < -0.39 is 5.69 Å². The maximum absolute atomic E-state index is 13.2. The summed E-state index contributed by atoms with van der Waals surface area (Å²) in [6.07, 6.45) is 1.49. The molecule has 0 radical (unpaired) electrons. The van der Waals surface area contributed by atoms with Gasteiger partial charge in [0.2, 0.25) is 5.91 Å². The molecule has 154 valence electrons. The summed E-state index contributed by atoms with van der Waals surface area (Å²) in [6.45, 7) is 4.18. The Labute approximate surface area is 176 Å². The number of thiophene rings is 1. The van der Waals surface area contributed by atoms with Crippen LogP contribution in [0.15, 0.2) is 68.1 Å². The number of anilines is 1. The van der Waals surface area contributed by atoms with Crippen LogP contribution >= 0.6 is 11.3 Å². The summed E-state index contributed by atoms with van der Waals surface area (Å²) >= 11 is 1.25. The molecule has 30 heavy (non-hydrogen) atoms. The third-order valence-corrected chi connectivity index (χ3v) is 5.85. The van der Waals surface area contributed by atoms with Gasteiger partial charge in [0.1, 0.15) is 17.0 Å². The van der Waals surface area contributed by atoms with Gasteiger partial charge < -0.3 is 9.32 Å². The predicted octanol–water partition coefficient (Wildman–Crippen LogP) is 3.23. The van der Waals surface area contributed by atoms with E-state index in [2.05, 4.69) is 0 Å². The van der Waals surface area contributed by atoms with E-state index in [9.17, 15) is 14.4 Å². The van der Waals surface area contributed by atoms with Gasteiger partial charge >= 0.3 is 5.69 Å². The number of furan rings is 1. The Morgan fingerprint density at radius 3 is 2.67 bits per heavy atom. The summed E-state index contributed by atoms with van der Waals surface area (Å²) in [5, 5.41) is 1.75. The number of fused-ring (bicyclic) bond motifs is 1. The van der Waals surface area contributed by atoms with Gasteiger partial charge in [-0.05, 0) is 55.1 Å². The number of amides is 1. The van der Waals surface area contributed by atoms with Crippen LogP contribution < -0.4 is 16.1 Å². The van der Waals surface area contributed by atoms with Crippen molar-refractivity contribution < 1.29 is 9.21 Å². The fourth-order valence-corrected chi connectivity index (χ4v) is 4.35. The Balaban J connectivity index is 1.76. The molecular weight excluding hydrogens is 402 g/mol. The monoisotopic (exact) mass is 423 g/mol. The van der Waals surface area contributed by atoms with Crippen LogP contribution in [0.5, 0.6) is 0 Å². The van der Waals surface area contributed by atoms with E-state index in [1.54, 1.807) is 28.5 Å². The standard InChI is InChI=1S/C22H21N3O4S/c1-3-23(16-7-4-6-15(2)12-16)19(26)14-24-18-9-11-30-20(18)21(27)25(22(24)28)13-17-8-5-10-29-17/h4-12H,3,13-14H2,1-2H3. The molecule has 0 spiro atoms. The average Bonchev–Trinajstić information content (AvgIpc) is 3.41. The van der Waals surface area contributed by atoms with E-state index in [0.29, 0.717) is 22.5 Å². The van der Waals surface area contributed by atoms with Crippen molar-refractivity contribution in [3.8, 4) is 0 Å². The summed E-state index contributed by atoms with van der Waals surface area (Å²) in [7, 11) is 0. The first kappa shape index (κ1) is 19.9. The second-order valence-corrected chi connectivity index (χ2v) is 7.87. The zero-order valence-corrected chi connectivity index (χ0v) is 17.5. The fourth-order valence-electron chi connectivity index (χ4n) is 3.50. The number of carbonyl (C=O) groups excluding carboxylic acids is 1. The maximum Gasteiger partial charge on any atom is 0.332 e. The Morgan fingerprint density at radius 2 is 1.97 bits per heavy atom. The fraction of sp³-hybridized carbons (Fsp3) is 0.227. The van der Waals surface area contributed by atoms with Crippen LogP contribution in [0.2, 0.25) is 0 Å². The largest absolute Gasteiger partial charge is 0.467 e. The molecule has 1 aromatic carbocycles. The van der Waals surface area contributed by atoms with E-state index in [0.717, 1.165) is 15.8 Å². The molecule has 0 atom stereocenters. The number of hydrogen-bond donors (Lipinski definition) is 0. The van der Waals surface area contributed by atoms with E-state index in [1.165, 1.54) is 22.2 Å². The highest BCUT2D eigenvalue weighted by molar-refractivity contribution is 7.17. The highest BCUT2D eigenvalue weighted by Crippen LogP contribution is 2.19. The second kappa shape index (κ2) is 8.16. The van der Waals surface area contributed by atoms with E-state index in [-0.39, 0.29) is 24.6 Å². The highest BCUT2D eigenvalue weighted by atomic mass is 32.1. The van der Waals surface area contributed by atoms with Crippen LogP contribution in [0.1, 0.15) is 18.2 Å². The van der Waals surface area contributed by atoms with Crippen LogP contribution in [-0.4, -0.2) is 21.6 Å². The van der Waals surface area contributed by atoms with Gasteiger partial charge in [0, 0.05) is 12.2 Å². The predicted molar refractivity (Wildman–Crippen MR) is 117 cm³/mol. The molecule has 0 unspecified atom stereocenters. The molecule has 8 heteroatoms. The number of rotatable bonds is 6. The molecule has 0 fully saturated rings. The van der Waals surface area contributed by atoms with Gasteiger partial charge in [0.15, 0.2) is 0 Å². The Morgan fingerprint density at radius 1 is 1.13 bits per heavy atom. The highest BCUT2D eigenvalue weighted by Gasteiger charge is 2.20. The first-order valence-electron chi connectivity index (χ1n) is 9.60. The lowest BCUT2D eigenvalue weighted by molar-refractivity contribution is -0.119. The van der Waals surface area contributed by atoms with Crippen LogP contribution in [0.3, 0.4) is 0 Å². The van der Waals surface area contributed by atoms with E-state index in [1.807, 2.05) is 38.1 Å². The van der Waals surface area contributed by atoms with Crippen molar-refractivity contribution in [2.75, 3.05) is 11.4 Å². The van der Waals surface area contributed by atoms with Gasteiger partial charge in [-0.25, -0.2) is 4.79 Å².